The van der Waals surface area contributed by atoms with E-state index in [1.54, 1.807) is 0 Å². The molecule has 1 atom stereocenters. The van der Waals surface area contributed by atoms with E-state index in [9.17, 15) is 13.2 Å². The third kappa shape index (κ3) is 6.19. The van der Waals surface area contributed by atoms with E-state index in [1.165, 1.54) is 6.26 Å². The van der Waals surface area contributed by atoms with Crippen LogP contribution >= 0.6 is 0 Å². The quantitative estimate of drug-likeness (QED) is 0.703. The molecule has 6 heteroatoms. The van der Waals surface area contributed by atoms with Crippen LogP contribution in [0.5, 0.6) is 0 Å². The third-order valence-corrected chi connectivity index (χ3v) is 3.47. The highest BCUT2D eigenvalue weighted by Gasteiger charge is 2.16. The predicted molar refractivity (Wildman–Crippen MR) is 61.2 cm³/mol. The van der Waals surface area contributed by atoms with Gasteiger partial charge in [-0.25, -0.2) is 8.42 Å². The van der Waals surface area contributed by atoms with Crippen molar-refractivity contribution in [2.45, 2.75) is 25.3 Å². The first-order chi connectivity index (χ1) is 7.47. The van der Waals surface area contributed by atoms with Crippen LogP contribution in [0.3, 0.4) is 0 Å². The molecule has 1 unspecified atom stereocenters. The summed E-state index contributed by atoms with van der Waals surface area (Å²) in [5, 5.41) is 3.19. The molecule has 0 aromatic rings. The number of ketones is 1. The van der Waals surface area contributed by atoms with Crippen LogP contribution < -0.4 is 5.32 Å². The normalized spacial score (nSPS) is 21.9. The lowest BCUT2D eigenvalue weighted by Gasteiger charge is -2.23. The number of morpholine rings is 1. The molecule has 0 radical (unpaired) electrons. The molecule has 1 aliphatic rings. The van der Waals surface area contributed by atoms with Gasteiger partial charge in [0.2, 0.25) is 0 Å². The van der Waals surface area contributed by atoms with Crippen molar-refractivity contribution in [3.8, 4) is 0 Å². The van der Waals surface area contributed by atoms with Gasteiger partial charge in [-0.15, -0.1) is 0 Å². The van der Waals surface area contributed by atoms with Crippen molar-refractivity contribution in [3.05, 3.63) is 0 Å². The first-order valence-corrected chi connectivity index (χ1v) is 7.54. The lowest BCUT2D eigenvalue weighted by Crippen LogP contribution is -2.42. The maximum atomic E-state index is 11.5. The van der Waals surface area contributed by atoms with Gasteiger partial charge in [-0.2, -0.15) is 0 Å². The van der Waals surface area contributed by atoms with Gasteiger partial charge in [-0.3, -0.25) is 4.79 Å². The van der Waals surface area contributed by atoms with E-state index in [4.69, 9.17) is 4.74 Å². The van der Waals surface area contributed by atoms with Gasteiger partial charge in [-0.1, -0.05) is 0 Å². The summed E-state index contributed by atoms with van der Waals surface area (Å²) in [4.78, 5) is 11.5. The molecule has 1 rings (SSSR count). The van der Waals surface area contributed by atoms with Crippen molar-refractivity contribution in [3.63, 3.8) is 0 Å². The number of rotatable bonds is 6. The number of hydrogen-bond acceptors (Lipinski definition) is 5. The van der Waals surface area contributed by atoms with E-state index < -0.39 is 9.84 Å². The van der Waals surface area contributed by atoms with Crippen LogP contribution in [0.4, 0.5) is 0 Å². The van der Waals surface area contributed by atoms with E-state index in [0.29, 0.717) is 32.5 Å². The smallest absolute Gasteiger partial charge is 0.147 e. The molecule has 0 saturated carbocycles. The van der Waals surface area contributed by atoms with Gasteiger partial charge in [0.25, 0.3) is 0 Å². The SMILES string of the molecule is CS(=O)(=O)CCCC(=O)CC1COCCN1. The molecule has 0 aliphatic carbocycles. The van der Waals surface area contributed by atoms with Crippen LogP contribution in [0.2, 0.25) is 0 Å². The molecule has 94 valence electrons. The van der Waals surface area contributed by atoms with Crippen molar-refractivity contribution in [2.24, 2.45) is 0 Å². The van der Waals surface area contributed by atoms with E-state index in [2.05, 4.69) is 5.32 Å². The highest BCUT2D eigenvalue weighted by molar-refractivity contribution is 7.90. The summed E-state index contributed by atoms with van der Waals surface area (Å²) < 4.78 is 26.9. The third-order valence-electron chi connectivity index (χ3n) is 2.44. The first-order valence-electron chi connectivity index (χ1n) is 5.48. The van der Waals surface area contributed by atoms with Crippen molar-refractivity contribution in [1.82, 2.24) is 5.32 Å². The van der Waals surface area contributed by atoms with Crippen molar-refractivity contribution >= 4 is 15.6 Å². The number of Topliss-reactive ketones (excluding diaryl/α,β-unsaturated/α-hetero) is 1. The predicted octanol–water partition coefficient (Wildman–Crippen LogP) is -0.241. The molecule has 1 saturated heterocycles. The maximum absolute atomic E-state index is 11.5. The maximum Gasteiger partial charge on any atom is 0.147 e. The molecule has 1 heterocycles. The Morgan fingerprint density at radius 1 is 1.50 bits per heavy atom. The van der Waals surface area contributed by atoms with E-state index in [-0.39, 0.29) is 17.6 Å². The number of ether oxygens (including phenoxy) is 1. The summed E-state index contributed by atoms with van der Waals surface area (Å²) >= 11 is 0. The fraction of sp³-hybridized carbons (Fsp3) is 0.900. The van der Waals surface area contributed by atoms with Crippen LogP contribution in [-0.4, -0.2) is 52.0 Å². The van der Waals surface area contributed by atoms with Gasteiger partial charge < -0.3 is 10.1 Å². The van der Waals surface area contributed by atoms with Gasteiger partial charge >= 0.3 is 0 Å². The monoisotopic (exact) mass is 249 g/mol. The highest BCUT2D eigenvalue weighted by atomic mass is 32.2. The van der Waals surface area contributed by atoms with Crippen LogP contribution in [-0.2, 0) is 19.4 Å². The Bertz CT molecular complexity index is 320. The van der Waals surface area contributed by atoms with Gasteiger partial charge in [-0.05, 0) is 6.42 Å². The fourth-order valence-electron chi connectivity index (χ4n) is 1.66. The molecule has 0 spiro atoms. The number of hydrogen-bond donors (Lipinski definition) is 1. The second kappa shape index (κ2) is 6.32. The summed E-state index contributed by atoms with van der Waals surface area (Å²) in [5.41, 5.74) is 0. The van der Waals surface area contributed by atoms with Crippen LogP contribution in [0.1, 0.15) is 19.3 Å². The summed E-state index contributed by atoms with van der Waals surface area (Å²) in [6.07, 6.45) is 2.38. The molecule has 1 fully saturated rings. The minimum atomic E-state index is -2.95. The zero-order valence-corrected chi connectivity index (χ0v) is 10.4. The Hall–Kier alpha value is -0.460. The zero-order valence-electron chi connectivity index (χ0n) is 9.57. The summed E-state index contributed by atoms with van der Waals surface area (Å²) in [6, 6.07) is 0.0967. The van der Waals surface area contributed by atoms with E-state index in [1.807, 2.05) is 0 Å². The average molecular weight is 249 g/mol. The second-order valence-electron chi connectivity index (χ2n) is 4.20. The Morgan fingerprint density at radius 3 is 2.81 bits per heavy atom. The summed E-state index contributed by atoms with van der Waals surface area (Å²) in [5.74, 6) is 0.194. The van der Waals surface area contributed by atoms with Gasteiger partial charge in [0, 0.05) is 31.7 Å². The lowest BCUT2D eigenvalue weighted by molar-refractivity contribution is -0.120. The van der Waals surface area contributed by atoms with Gasteiger partial charge in [0.15, 0.2) is 0 Å². The molecule has 0 aromatic heterocycles. The largest absolute Gasteiger partial charge is 0.379 e. The van der Waals surface area contributed by atoms with Crippen molar-refractivity contribution < 1.29 is 17.9 Å². The number of carbonyl (C=O) groups is 1. The second-order valence-corrected chi connectivity index (χ2v) is 6.46. The van der Waals surface area contributed by atoms with Crippen molar-refractivity contribution in [1.29, 1.82) is 0 Å². The Morgan fingerprint density at radius 2 is 2.25 bits per heavy atom. The molecule has 0 bridgehead atoms. The molecule has 5 nitrogen and oxygen atoms in total. The van der Waals surface area contributed by atoms with Gasteiger partial charge in [0.1, 0.15) is 15.6 Å². The van der Waals surface area contributed by atoms with Crippen LogP contribution in [0.25, 0.3) is 0 Å². The number of nitrogens with one attached hydrogen (secondary N) is 1. The Labute approximate surface area is 96.5 Å². The standard InChI is InChI=1S/C10H19NO4S/c1-16(13,14)6-2-3-10(12)7-9-8-15-5-4-11-9/h9,11H,2-8H2,1H3. The molecule has 0 amide bonds. The minimum Gasteiger partial charge on any atom is -0.379 e. The Kier molecular flexibility index (Phi) is 5.37. The first kappa shape index (κ1) is 13.6. The molecule has 1 aliphatic heterocycles. The van der Waals surface area contributed by atoms with Crippen molar-refractivity contribution in [2.75, 3.05) is 31.8 Å². The zero-order chi connectivity index (χ0) is 12.0. The van der Waals surface area contributed by atoms with Crippen LogP contribution in [0.15, 0.2) is 0 Å². The molecule has 16 heavy (non-hydrogen) atoms. The molecular formula is C10H19NO4S. The van der Waals surface area contributed by atoms with Crippen LogP contribution in [0, 0.1) is 0 Å². The summed E-state index contributed by atoms with van der Waals surface area (Å²) in [7, 11) is -2.95. The van der Waals surface area contributed by atoms with E-state index in [0.717, 1.165) is 6.54 Å². The minimum absolute atomic E-state index is 0.0906. The van der Waals surface area contributed by atoms with E-state index >= 15 is 0 Å². The fourth-order valence-corrected chi connectivity index (χ4v) is 2.33. The molecule has 0 aromatic carbocycles. The number of sulfone groups is 1. The topological polar surface area (TPSA) is 72.5 Å². The average Bonchev–Trinajstić information content (AvgIpc) is 2.17. The number of carbonyl (C=O) groups excluding carboxylic acids is 1. The highest BCUT2D eigenvalue weighted by Crippen LogP contribution is 2.04. The molecule has 1 N–H and O–H groups in total. The molecular weight excluding hydrogens is 230 g/mol. The van der Waals surface area contributed by atoms with Gasteiger partial charge in [0.05, 0.1) is 19.0 Å². The summed E-state index contributed by atoms with van der Waals surface area (Å²) in [6.45, 7) is 2.04. The Balaban J connectivity index is 2.15. The lowest BCUT2D eigenvalue weighted by atomic mass is 10.1.